The molecule has 0 aliphatic heterocycles. The van der Waals surface area contributed by atoms with Crippen LogP contribution in [0.1, 0.15) is 45.9 Å². The second-order valence-electron chi connectivity index (χ2n) is 9.14. The van der Waals surface area contributed by atoms with Crippen molar-refractivity contribution < 1.29 is 18.8 Å². The predicted octanol–water partition coefficient (Wildman–Crippen LogP) is 4.88. The van der Waals surface area contributed by atoms with Gasteiger partial charge in [-0.1, -0.05) is 13.8 Å². The second kappa shape index (κ2) is 8.57. The van der Waals surface area contributed by atoms with E-state index >= 15 is 0 Å². The van der Waals surface area contributed by atoms with Gasteiger partial charge in [0.05, 0.1) is 22.7 Å². The topological polar surface area (TPSA) is 96.4 Å². The highest BCUT2D eigenvalue weighted by molar-refractivity contribution is 5.93. The molecule has 0 atom stereocenters. The maximum Gasteiger partial charge on any atom is 0.419 e. The molecular weight excluding hydrogens is 417 g/mol. The molecule has 2 heterocycles. The minimum atomic E-state index is -0.799. The standard InChI is InChI=1S/C23H26FN3O5/c1-14(2)9-15-10-17(24)11-16-12-18(26(20(15)16)22(29)32-23(3,4)5)13-25-8-6-7-19(21(25)28)27(30)31/h6-8,10-12,14H,9,13H2,1-5H3. The number of nitro groups is 1. The Kier molecular flexibility index (Phi) is 6.20. The van der Waals surface area contributed by atoms with Crippen LogP contribution in [0, 0.1) is 21.8 Å². The van der Waals surface area contributed by atoms with Crippen molar-refractivity contribution in [1.82, 2.24) is 9.13 Å². The van der Waals surface area contributed by atoms with Gasteiger partial charge >= 0.3 is 17.3 Å². The number of halogens is 1. The number of aromatic nitrogens is 2. The summed E-state index contributed by atoms with van der Waals surface area (Å²) in [6.07, 6.45) is 1.26. The van der Waals surface area contributed by atoms with E-state index in [0.717, 1.165) is 10.6 Å². The number of hydrogen-bond acceptors (Lipinski definition) is 5. The van der Waals surface area contributed by atoms with Gasteiger partial charge in [-0.25, -0.2) is 13.8 Å². The summed E-state index contributed by atoms with van der Waals surface area (Å²) in [6, 6.07) is 6.84. The van der Waals surface area contributed by atoms with Crippen molar-refractivity contribution >= 4 is 22.7 Å². The van der Waals surface area contributed by atoms with Crippen LogP contribution < -0.4 is 5.56 Å². The lowest BCUT2D eigenvalue weighted by Gasteiger charge is -2.22. The zero-order chi connectivity index (χ0) is 23.8. The van der Waals surface area contributed by atoms with Gasteiger partial charge in [-0.3, -0.25) is 14.9 Å². The number of benzene rings is 1. The third-order valence-corrected chi connectivity index (χ3v) is 4.75. The first-order valence-corrected chi connectivity index (χ1v) is 10.3. The van der Waals surface area contributed by atoms with Gasteiger partial charge in [0.2, 0.25) is 0 Å². The molecule has 0 saturated carbocycles. The molecule has 0 radical (unpaired) electrons. The van der Waals surface area contributed by atoms with Crippen LogP contribution in [-0.2, 0) is 17.7 Å². The molecule has 0 spiro atoms. The van der Waals surface area contributed by atoms with E-state index in [1.54, 1.807) is 26.8 Å². The van der Waals surface area contributed by atoms with Crippen LogP contribution in [0.25, 0.3) is 10.9 Å². The molecule has 8 nitrogen and oxygen atoms in total. The fraction of sp³-hybridized carbons (Fsp3) is 0.391. The summed E-state index contributed by atoms with van der Waals surface area (Å²) in [6.45, 7) is 9.04. The summed E-state index contributed by atoms with van der Waals surface area (Å²) in [5.41, 5.74) is -0.661. The van der Waals surface area contributed by atoms with E-state index in [-0.39, 0.29) is 12.5 Å². The average molecular weight is 443 g/mol. The highest BCUT2D eigenvalue weighted by Gasteiger charge is 2.25. The number of ether oxygens (including phenoxy) is 1. The third-order valence-electron chi connectivity index (χ3n) is 4.75. The first-order chi connectivity index (χ1) is 14.9. The van der Waals surface area contributed by atoms with Crippen LogP contribution in [-0.4, -0.2) is 25.8 Å². The minimum absolute atomic E-state index is 0.128. The second-order valence-corrected chi connectivity index (χ2v) is 9.14. The van der Waals surface area contributed by atoms with Gasteiger partial charge in [0.25, 0.3) is 0 Å². The Balaban J connectivity index is 2.25. The predicted molar refractivity (Wildman–Crippen MR) is 119 cm³/mol. The molecular formula is C23H26FN3O5. The van der Waals surface area contributed by atoms with Crippen molar-refractivity contribution in [1.29, 1.82) is 0 Å². The molecule has 170 valence electrons. The number of fused-ring (bicyclic) bond motifs is 1. The van der Waals surface area contributed by atoms with Gasteiger partial charge in [0.1, 0.15) is 11.4 Å². The summed E-state index contributed by atoms with van der Waals surface area (Å²) in [4.78, 5) is 36.1. The van der Waals surface area contributed by atoms with Crippen molar-refractivity contribution in [2.24, 2.45) is 5.92 Å². The molecule has 0 N–H and O–H groups in total. The number of rotatable bonds is 5. The molecule has 32 heavy (non-hydrogen) atoms. The zero-order valence-corrected chi connectivity index (χ0v) is 18.7. The van der Waals surface area contributed by atoms with Crippen LogP contribution in [0.15, 0.2) is 41.3 Å². The van der Waals surface area contributed by atoms with E-state index in [1.807, 2.05) is 13.8 Å². The Morgan fingerprint density at radius 1 is 1.25 bits per heavy atom. The molecule has 0 fully saturated rings. The summed E-state index contributed by atoms with van der Waals surface area (Å²) in [5, 5.41) is 11.6. The van der Waals surface area contributed by atoms with Gasteiger partial charge in [-0.2, -0.15) is 0 Å². The van der Waals surface area contributed by atoms with E-state index < -0.39 is 33.7 Å². The van der Waals surface area contributed by atoms with Gasteiger partial charge < -0.3 is 9.30 Å². The van der Waals surface area contributed by atoms with E-state index in [1.165, 1.54) is 29.0 Å². The first-order valence-electron chi connectivity index (χ1n) is 10.3. The van der Waals surface area contributed by atoms with Crippen molar-refractivity contribution in [3.8, 4) is 0 Å². The van der Waals surface area contributed by atoms with Crippen molar-refractivity contribution in [2.75, 3.05) is 0 Å². The summed E-state index contributed by atoms with van der Waals surface area (Å²) < 4.78 is 22.4. The van der Waals surface area contributed by atoms with Crippen molar-refractivity contribution in [2.45, 2.75) is 53.2 Å². The zero-order valence-electron chi connectivity index (χ0n) is 18.7. The highest BCUT2D eigenvalue weighted by Crippen LogP contribution is 2.28. The molecule has 2 aromatic heterocycles. The Labute approximate surface area is 184 Å². The van der Waals surface area contributed by atoms with Crippen LogP contribution in [0.2, 0.25) is 0 Å². The first kappa shape index (κ1) is 23.2. The Hall–Kier alpha value is -3.49. The molecule has 9 heteroatoms. The maximum absolute atomic E-state index is 14.3. The molecule has 3 rings (SSSR count). The average Bonchev–Trinajstić information content (AvgIpc) is 2.99. The SMILES string of the molecule is CC(C)Cc1cc(F)cc2cc(Cn3cccc([N+](=O)[O-])c3=O)n(C(=O)OC(C)(C)C)c12. The Morgan fingerprint density at radius 3 is 2.53 bits per heavy atom. The normalized spacial score (nSPS) is 11.8. The quantitative estimate of drug-likeness (QED) is 0.414. The lowest BCUT2D eigenvalue weighted by Crippen LogP contribution is -2.29. The fourth-order valence-corrected chi connectivity index (χ4v) is 3.64. The Morgan fingerprint density at radius 2 is 1.94 bits per heavy atom. The lowest BCUT2D eigenvalue weighted by molar-refractivity contribution is -0.386. The van der Waals surface area contributed by atoms with E-state index in [4.69, 9.17) is 4.74 Å². The summed E-state index contributed by atoms with van der Waals surface area (Å²) >= 11 is 0. The molecule has 3 aromatic rings. The molecule has 0 unspecified atom stereocenters. The lowest BCUT2D eigenvalue weighted by atomic mass is 10.0. The van der Waals surface area contributed by atoms with E-state index in [0.29, 0.717) is 28.6 Å². The molecule has 0 saturated heterocycles. The van der Waals surface area contributed by atoms with Gasteiger partial charge in [0, 0.05) is 17.6 Å². The maximum atomic E-state index is 14.3. The number of nitrogens with zero attached hydrogens (tertiary/aromatic N) is 3. The summed E-state index contributed by atoms with van der Waals surface area (Å²) in [7, 11) is 0. The van der Waals surface area contributed by atoms with Crippen LogP contribution in [0.4, 0.5) is 14.9 Å². The van der Waals surface area contributed by atoms with Gasteiger partial charge in [-0.15, -0.1) is 0 Å². The monoisotopic (exact) mass is 443 g/mol. The summed E-state index contributed by atoms with van der Waals surface area (Å²) in [5.74, 6) is -0.238. The van der Waals surface area contributed by atoms with Crippen LogP contribution >= 0.6 is 0 Å². The third kappa shape index (κ3) is 4.87. The van der Waals surface area contributed by atoms with Gasteiger partial charge in [0.15, 0.2) is 0 Å². The largest absolute Gasteiger partial charge is 0.443 e. The molecule has 0 amide bonds. The molecule has 0 aliphatic rings. The smallest absolute Gasteiger partial charge is 0.419 e. The van der Waals surface area contributed by atoms with E-state index in [9.17, 15) is 24.1 Å². The number of carbonyl (C=O) groups excluding carboxylic acids is 1. The van der Waals surface area contributed by atoms with Crippen LogP contribution in [0.3, 0.4) is 0 Å². The van der Waals surface area contributed by atoms with E-state index in [2.05, 4.69) is 0 Å². The molecule has 0 bridgehead atoms. The minimum Gasteiger partial charge on any atom is -0.443 e. The molecule has 0 aliphatic carbocycles. The number of pyridine rings is 1. The fourth-order valence-electron chi connectivity index (χ4n) is 3.64. The number of carbonyl (C=O) groups is 1. The van der Waals surface area contributed by atoms with Crippen LogP contribution in [0.5, 0.6) is 0 Å². The Bertz CT molecular complexity index is 1250. The number of hydrogen-bond donors (Lipinski definition) is 0. The molecule has 1 aromatic carbocycles. The highest BCUT2D eigenvalue weighted by atomic mass is 19.1. The van der Waals surface area contributed by atoms with Gasteiger partial charge in [-0.05, 0) is 62.9 Å². The van der Waals surface area contributed by atoms with Crippen molar-refractivity contribution in [3.05, 3.63) is 74.1 Å². The van der Waals surface area contributed by atoms with Crippen molar-refractivity contribution in [3.63, 3.8) is 0 Å².